The molecule has 0 bridgehead atoms. The highest BCUT2D eigenvalue weighted by molar-refractivity contribution is 6.31. The zero-order valence-electron chi connectivity index (χ0n) is 16.8. The van der Waals surface area contributed by atoms with E-state index in [9.17, 15) is 4.79 Å². The molecule has 0 radical (unpaired) electrons. The van der Waals surface area contributed by atoms with Gasteiger partial charge in [0.15, 0.2) is 11.5 Å². The number of rotatable bonds is 9. The molecule has 2 rings (SSSR count). The van der Waals surface area contributed by atoms with E-state index in [0.717, 1.165) is 5.56 Å². The minimum atomic E-state index is -0.329. The quantitative estimate of drug-likeness (QED) is 0.626. The van der Waals surface area contributed by atoms with Crippen LogP contribution in [0.2, 0.25) is 5.02 Å². The molecule has 6 nitrogen and oxygen atoms in total. The van der Waals surface area contributed by atoms with Crippen molar-refractivity contribution in [2.24, 2.45) is 0 Å². The first-order valence-electron chi connectivity index (χ1n) is 9.16. The van der Waals surface area contributed by atoms with E-state index in [1.807, 2.05) is 27.7 Å². The summed E-state index contributed by atoms with van der Waals surface area (Å²) in [4.78, 5) is 12.9. The maximum Gasteiger partial charge on any atom is 0.256 e. The zero-order valence-corrected chi connectivity index (χ0v) is 17.6. The van der Waals surface area contributed by atoms with Crippen molar-refractivity contribution in [2.45, 2.75) is 27.7 Å². The second-order valence-electron chi connectivity index (χ2n) is 5.86. The molecule has 0 atom stereocenters. The predicted octanol–water partition coefficient (Wildman–Crippen LogP) is 5.11. The zero-order chi connectivity index (χ0) is 20.7. The number of hydrogen-bond donors (Lipinski definition) is 1. The Labute approximate surface area is 170 Å². The second-order valence-corrected chi connectivity index (χ2v) is 6.26. The monoisotopic (exact) mass is 407 g/mol. The molecule has 0 aliphatic carbocycles. The molecule has 0 aromatic heterocycles. The van der Waals surface area contributed by atoms with Gasteiger partial charge in [-0.1, -0.05) is 11.6 Å². The summed E-state index contributed by atoms with van der Waals surface area (Å²) in [5.41, 5.74) is 1.73. The fourth-order valence-electron chi connectivity index (χ4n) is 2.64. The van der Waals surface area contributed by atoms with Gasteiger partial charge in [0.1, 0.15) is 5.75 Å². The summed E-state index contributed by atoms with van der Waals surface area (Å²) in [6.45, 7) is 8.78. The summed E-state index contributed by atoms with van der Waals surface area (Å²) < 4.78 is 22.3. The lowest BCUT2D eigenvalue weighted by Gasteiger charge is -2.17. The number of aryl methyl sites for hydroxylation is 1. The second kappa shape index (κ2) is 10.1. The number of carbonyl (C=O) groups excluding carboxylic acids is 1. The highest BCUT2D eigenvalue weighted by atomic mass is 35.5. The molecule has 0 heterocycles. The van der Waals surface area contributed by atoms with E-state index in [4.69, 9.17) is 30.5 Å². The van der Waals surface area contributed by atoms with Gasteiger partial charge in [-0.2, -0.15) is 0 Å². The molecule has 0 saturated heterocycles. The maximum absolute atomic E-state index is 12.9. The fraction of sp³-hybridized carbons (Fsp3) is 0.381. The van der Waals surface area contributed by atoms with Gasteiger partial charge >= 0.3 is 0 Å². The topological polar surface area (TPSA) is 66.0 Å². The summed E-state index contributed by atoms with van der Waals surface area (Å²) in [5.74, 6) is 1.55. The molecule has 0 fully saturated rings. The van der Waals surface area contributed by atoms with E-state index in [0.29, 0.717) is 59.1 Å². The summed E-state index contributed by atoms with van der Waals surface area (Å²) >= 11 is 6.14. The first kappa shape index (κ1) is 21.7. The number of amides is 1. The molecular weight excluding hydrogens is 382 g/mol. The molecule has 0 spiro atoms. The molecule has 7 heteroatoms. The molecule has 1 N–H and O–H groups in total. The largest absolute Gasteiger partial charge is 0.495 e. The molecule has 28 heavy (non-hydrogen) atoms. The van der Waals surface area contributed by atoms with Gasteiger partial charge in [-0.05, 0) is 51.5 Å². The Morgan fingerprint density at radius 2 is 1.50 bits per heavy atom. The Balaban J connectivity index is 2.43. The number of carbonyl (C=O) groups is 1. The minimum Gasteiger partial charge on any atom is -0.495 e. The van der Waals surface area contributed by atoms with Crippen molar-refractivity contribution in [3.63, 3.8) is 0 Å². The highest BCUT2D eigenvalue weighted by Crippen LogP contribution is 2.39. The van der Waals surface area contributed by atoms with Crippen molar-refractivity contribution in [3.8, 4) is 23.0 Å². The van der Waals surface area contributed by atoms with Crippen LogP contribution in [0.3, 0.4) is 0 Å². The third-order valence-corrected chi connectivity index (χ3v) is 4.31. The van der Waals surface area contributed by atoms with Gasteiger partial charge in [-0.25, -0.2) is 0 Å². The Morgan fingerprint density at radius 3 is 2.00 bits per heavy atom. The Morgan fingerprint density at radius 1 is 0.929 bits per heavy atom. The van der Waals surface area contributed by atoms with Gasteiger partial charge in [-0.15, -0.1) is 0 Å². The summed E-state index contributed by atoms with van der Waals surface area (Å²) in [5, 5.41) is 3.42. The van der Waals surface area contributed by atoms with Crippen molar-refractivity contribution in [3.05, 3.63) is 40.4 Å². The lowest BCUT2D eigenvalue weighted by molar-refractivity contribution is 0.102. The van der Waals surface area contributed by atoms with Crippen LogP contribution in [0.1, 0.15) is 36.7 Å². The van der Waals surface area contributed by atoms with E-state index in [2.05, 4.69) is 5.32 Å². The number of methoxy groups -OCH3 is 1. The van der Waals surface area contributed by atoms with Crippen LogP contribution in [0.25, 0.3) is 0 Å². The molecule has 0 saturated carbocycles. The number of halogens is 1. The number of nitrogens with one attached hydrogen (secondary N) is 1. The molecule has 2 aromatic carbocycles. The Bertz CT molecular complexity index is 811. The van der Waals surface area contributed by atoms with Crippen LogP contribution in [0.15, 0.2) is 24.3 Å². The van der Waals surface area contributed by atoms with Crippen LogP contribution in [0.4, 0.5) is 5.69 Å². The number of hydrogen-bond acceptors (Lipinski definition) is 5. The number of ether oxygens (including phenoxy) is 4. The van der Waals surface area contributed by atoms with E-state index in [1.54, 1.807) is 24.3 Å². The highest BCUT2D eigenvalue weighted by Gasteiger charge is 2.19. The van der Waals surface area contributed by atoms with Gasteiger partial charge in [0, 0.05) is 16.7 Å². The molecule has 2 aromatic rings. The first-order chi connectivity index (χ1) is 13.4. The summed E-state index contributed by atoms with van der Waals surface area (Å²) in [6, 6.07) is 6.71. The van der Waals surface area contributed by atoms with Crippen molar-refractivity contribution in [1.82, 2.24) is 0 Å². The van der Waals surface area contributed by atoms with E-state index >= 15 is 0 Å². The van der Waals surface area contributed by atoms with Crippen molar-refractivity contribution in [1.29, 1.82) is 0 Å². The van der Waals surface area contributed by atoms with E-state index < -0.39 is 0 Å². The smallest absolute Gasteiger partial charge is 0.256 e. The molecular formula is C21H26ClNO5. The summed E-state index contributed by atoms with van der Waals surface area (Å²) in [6.07, 6.45) is 0. The third-order valence-electron chi connectivity index (χ3n) is 3.90. The molecule has 0 aliphatic rings. The molecule has 152 valence electrons. The van der Waals surface area contributed by atoms with Crippen LogP contribution in [-0.4, -0.2) is 32.8 Å². The average Bonchev–Trinajstić information content (AvgIpc) is 2.67. The van der Waals surface area contributed by atoms with Crippen LogP contribution < -0.4 is 24.3 Å². The molecule has 1 amide bonds. The van der Waals surface area contributed by atoms with Crippen LogP contribution >= 0.6 is 11.6 Å². The van der Waals surface area contributed by atoms with Crippen LogP contribution in [0.5, 0.6) is 23.0 Å². The van der Waals surface area contributed by atoms with Gasteiger partial charge in [-0.3, -0.25) is 4.79 Å². The van der Waals surface area contributed by atoms with Crippen molar-refractivity contribution < 1.29 is 23.7 Å². The normalized spacial score (nSPS) is 10.4. The Hall–Kier alpha value is -2.60. The van der Waals surface area contributed by atoms with Crippen molar-refractivity contribution in [2.75, 3.05) is 32.2 Å². The first-order valence-corrected chi connectivity index (χ1v) is 9.54. The molecule has 0 unspecified atom stereocenters. The number of anilines is 1. The van der Waals surface area contributed by atoms with Gasteiger partial charge < -0.3 is 24.3 Å². The lowest BCUT2D eigenvalue weighted by Crippen LogP contribution is -2.14. The van der Waals surface area contributed by atoms with E-state index in [1.165, 1.54) is 7.11 Å². The lowest BCUT2D eigenvalue weighted by atomic mass is 10.1. The van der Waals surface area contributed by atoms with Crippen LogP contribution in [-0.2, 0) is 0 Å². The van der Waals surface area contributed by atoms with Gasteiger partial charge in [0.2, 0.25) is 5.75 Å². The minimum absolute atomic E-state index is 0.329. The van der Waals surface area contributed by atoms with Gasteiger partial charge in [0.25, 0.3) is 5.91 Å². The van der Waals surface area contributed by atoms with Crippen molar-refractivity contribution >= 4 is 23.2 Å². The molecule has 0 aliphatic heterocycles. The SMILES string of the molecule is CCOc1cc(C(=O)Nc2cc(C)c(Cl)cc2OC)cc(OCC)c1OCC. The number of benzene rings is 2. The maximum atomic E-state index is 12.9. The average molecular weight is 408 g/mol. The fourth-order valence-corrected chi connectivity index (χ4v) is 2.80. The Kier molecular flexibility index (Phi) is 7.81. The third kappa shape index (κ3) is 5.01. The van der Waals surface area contributed by atoms with E-state index in [-0.39, 0.29) is 5.91 Å². The standard InChI is InChI=1S/C21H26ClNO5/c1-6-26-18-10-14(11-19(27-7-2)20(18)28-8-3)21(24)23-16-9-13(4)15(22)12-17(16)25-5/h9-12H,6-8H2,1-5H3,(H,23,24). The van der Waals surface area contributed by atoms with Crippen LogP contribution in [0, 0.1) is 6.92 Å². The summed E-state index contributed by atoms with van der Waals surface area (Å²) in [7, 11) is 1.52. The predicted molar refractivity (Wildman–Crippen MR) is 111 cm³/mol. The van der Waals surface area contributed by atoms with Gasteiger partial charge in [0.05, 0.1) is 32.6 Å².